The molecule has 0 aliphatic heterocycles. The van der Waals surface area contributed by atoms with Gasteiger partial charge in [-0.3, -0.25) is 0 Å². The van der Waals surface area contributed by atoms with Crippen molar-refractivity contribution in [3.05, 3.63) is 52.8 Å². The highest BCUT2D eigenvalue weighted by atomic mass is 16.5. The lowest BCUT2D eigenvalue weighted by molar-refractivity contribution is 0.0525. The zero-order valence-corrected chi connectivity index (χ0v) is 16.8. The number of carbonyl (C=O) groups is 1. The van der Waals surface area contributed by atoms with Gasteiger partial charge in [0, 0.05) is 18.4 Å². The van der Waals surface area contributed by atoms with E-state index in [1.54, 1.807) is 7.11 Å². The van der Waals surface area contributed by atoms with Crippen LogP contribution in [-0.4, -0.2) is 24.3 Å². The van der Waals surface area contributed by atoms with Crippen molar-refractivity contribution in [2.75, 3.05) is 13.7 Å². The Labute approximate surface area is 162 Å². The van der Waals surface area contributed by atoms with Crippen LogP contribution in [0.25, 0.3) is 0 Å². The molecule has 1 aliphatic carbocycles. The zero-order chi connectivity index (χ0) is 19.2. The van der Waals surface area contributed by atoms with Crippen molar-refractivity contribution < 1.29 is 14.3 Å². The quantitative estimate of drug-likeness (QED) is 0.634. The monoisotopic (exact) mass is 369 g/mol. The summed E-state index contributed by atoms with van der Waals surface area (Å²) >= 11 is 0. The number of esters is 1. The first-order valence-corrected chi connectivity index (χ1v) is 10.1. The Hall–Kier alpha value is -2.23. The summed E-state index contributed by atoms with van der Waals surface area (Å²) in [4.78, 5) is 12.4. The molecule has 1 aliphatic rings. The minimum atomic E-state index is -0.214. The molecule has 1 fully saturated rings. The van der Waals surface area contributed by atoms with Gasteiger partial charge in [0.1, 0.15) is 5.75 Å². The predicted molar refractivity (Wildman–Crippen MR) is 108 cm³/mol. The Balaban J connectivity index is 1.88. The van der Waals surface area contributed by atoms with E-state index >= 15 is 0 Å². The van der Waals surface area contributed by atoms with Crippen molar-refractivity contribution in [1.29, 1.82) is 0 Å². The molecular weight excluding hydrogens is 338 g/mol. The summed E-state index contributed by atoms with van der Waals surface area (Å²) in [7, 11) is 1.68. The summed E-state index contributed by atoms with van der Waals surface area (Å²) in [6.45, 7) is 5.08. The summed E-state index contributed by atoms with van der Waals surface area (Å²) in [6.07, 6.45) is 9.62. The molecule has 1 aromatic heterocycles. The third-order valence-electron chi connectivity index (χ3n) is 5.68. The summed E-state index contributed by atoms with van der Waals surface area (Å²) in [5.41, 5.74) is 4.26. The van der Waals surface area contributed by atoms with Gasteiger partial charge in [-0.2, -0.15) is 0 Å². The summed E-state index contributed by atoms with van der Waals surface area (Å²) in [6, 6.07) is 8.14. The van der Waals surface area contributed by atoms with E-state index in [-0.39, 0.29) is 5.97 Å². The van der Waals surface area contributed by atoms with E-state index in [0.29, 0.717) is 12.2 Å². The average Bonchev–Trinajstić information content (AvgIpc) is 2.99. The molecule has 0 atom stereocenters. The largest absolute Gasteiger partial charge is 0.497 e. The second-order valence-electron chi connectivity index (χ2n) is 7.52. The third-order valence-corrected chi connectivity index (χ3v) is 5.68. The fourth-order valence-corrected chi connectivity index (χ4v) is 4.12. The lowest BCUT2D eigenvalue weighted by Gasteiger charge is -2.23. The van der Waals surface area contributed by atoms with Crippen LogP contribution >= 0.6 is 0 Å². The van der Waals surface area contributed by atoms with Crippen LogP contribution in [0.2, 0.25) is 0 Å². The number of carbonyl (C=O) groups excluding carboxylic acids is 1. The van der Waals surface area contributed by atoms with Crippen molar-refractivity contribution in [3.8, 4) is 5.75 Å². The molecular formula is C23H31NO3. The Morgan fingerprint density at radius 3 is 2.48 bits per heavy atom. The molecule has 0 spiro atoms. The SMILES string of the molecule is CCOC(=O)c1cn(Cc2ccc(OC)cc2)c(CC2CCCCC2)c1C. The molecule has 0 radical (unpaired) electrons. The summed E-state index contributed by atoms with van der Waals surface area (Å²) in [5.74, 6) is 1.36. The Bertz CT molecular complexity index is 755. The number of nitrogens with zero attached hydrogens (tertiary/aromatic N) is 1. The molecule has 0 N–H and O–H groups in total. The van der Waals surface area contributed by atoms with E-state index in [1.165, 1.54) is 43.4 Å². The van der Waals surface area contributed by atoms with Gasteiger partial charge in [0.05, 0.1) is 19.3 Å². The number of ether oxygens (including phenoxy) is 2. The van der Waals surface area contributed by atoms with Gasteiger partial charge >= 0.3 is 5.97 Å². The van der Waals surface area contributed by atoms with Crippen molar-refractivity contribution in [3.63, 3.8) is 0 Å². The number of aromatic nitrogens is 1. The van der Waals surface area contributed by atoms with Crippen molar-refractivity contribution in [2.24, 2.45) is 5.92 Å². The van der Waals surface area contributed by atoms with E-state index in [0.717, 1.165) is 30.2 Å². The van der Waals surface area contributed by atoms with Gasteiger partial charge in [0.25, 0.3) is 0 Å². The van der Waals surface area contributed by atoms with Crippen LogP contribution in [0.4, 0.5) is 0 Å². The first-order chi connectivity index (χ1) is 13.1. The summed E-state index contributed by atoms with van der Waals surface area (Å²) < 4.78 is 12.8. The van der Waals surface area contributed by atoms with Gasteiger partial charge in [0.2, 0.25) is 0 Å². The van der Waals surface area contributed by atoms with Crippen LogP contribution in [-0.2, 0) is 17.7 Å². The van der Waals surface area contributed by atoms with Crippen LogP contribution < -0.4 is 4.74 Å². The lowest BCUT2D eigenvalue weighted by atomic mass is 9.85. The van der Waals surface area contributed by atoms with Crippen LogP contribution in [0, 0.1) is 12.8 Å². The molecule has 4 heteroatoms. The second kappa shape index (κ2) is 9.12. The lowest BCUT2D eigenvalue weighted by Crippen LogP contribution is -2.13. The predicted octanol–water partition coefficient (Wildman–Crippen LogP) is 5.15. The maximum absolute atomic E-state index is 12.4. The molecule has 1 saturated carbocycles. The zero-order valence-electron chi connectivity index (χ0n) is 16.8. The van der Waals surface area contributed by atoms with Crippen molar-refractivity contribution in [1.82, 2.24) is 4.57 Å². The molecule has 3 rings (SSSR count). The minimum Gasteiger partial charge on any atom is -0.497 e. The first kappa shape index (κ1) is 19.5. The molecule has 4 nitrogen and oxygen atoms in total. The Kier molecular flexibility index (Phi) is 6.59. The molecule has 27 heavy (non-hydrogen) atoms. The van der Waals surface area contributed by atoms with E-state index < -0.39 is 0 Å². The smallest absolute Gasteiger partial charge is 0.339 e. The fourth-order valence-electron chi connectivity index (χ4n) is 4.12. The van der Waals surface area contributed by atoms with E-state index in [1.807, 2.05) is 25.3 Å². The average molecular weight is 370 g/mol. The molecule has 146 valence electrons. The molecule has 1 aromatic carbocycles. The topological polar surface area (TPSA) is 40.5 Å². The highest BCUT2D eigenvalue weighted by Crippen LogP contribution is 2.30. The highest BCUT2D eigenvalue weighted by Gasteiger charge is 2.22. The first-order valence-electron chi connectivity index (χ1n) is 10.1. The fraction of sp³-hybridized carbons (Fsp3) is 0.522. The number of rotatable bonds is 7. The van der Waals surface area contributed by atoms with Gasteiger partial charge in [-0.05, 0) is 49.4 Å². The highest BCUT2D eigenvalue weighted by molar-refractivity contribution is 5.91. The van der Waals surface area contributed by atoms with E-state index in [9.17, 15) is 4.79 Å². The van der Waals surface area contributed by atoms with E-state index in [2.05, 4.69) is 23.6 Å². The van der Waals surface area contributed by atoms with Gasteiger partial charge in [0.15, 0.2) is 0 Å². The normalized spacial score (nSPS) is 14.9. The number of benzene rings is 1. The Morgan fingerprint density at radius 2 is 1.85 bits per heavy atom. The molecule has 0 saturated heterocycles. The molecule has 0 unspecified atom stereocenters. The van der Waals surface area contributed by atoms with Crippen molar-refractivity contribution >= 4 is 5.97 Å². The second-order valence-corrected chi connectivity index (χ2v) is 7.52. The summed E-state index contributed by atoms with van der Waals surface area (Å²) in [5, 5.41) is 0. The van der Waals surface area contributed by atoms with Gasteiger partial charge < -0.3 is 14.0 Å². The van der Waals surface area contributed by atoms with Gasteiger partial charge in [-0.25, -0.2) is 4.79 Å². The number of methoxy groups -OCH3 is 1. The van der Waals surface area contributed by atoms with Crippen LogP contribution in [0.5, 0.6) is 5.75 Å². The Morgan fingerprint density at radius 1 is 1.15 bits per heavy atom. The number of hydrogen-bond acceptors (Lipinski definition) is 3. The van der Waals surface area contributed by atoms with Crippen LogP contribution in [0.15, 0.2) is 30.5 Å². The number of hydrogen-bond donors (Lipinski definition) is 0. The molecule has 0 amide bonds. The van der Waals surface area contributed by atoms with Crippen molar-refractivity contribution in [2.45, 2.75) is 58.9 Å². The molecule has 1 heterocycles. The van der Waals surface area contributed by atoms with Crippen LogP contribution in [0.3, 0.4) is 0 Å². The molecule has 2 aromatic rings. The minimum absolute atomic E-state index is 0.214. The third kappa shape index (κ3) is 4.74. The maximum Gasteiger partial charge on any atom is 0.339 e. The molecule has 0 bridgehead atoms. The van der Waals surface area contributed by atoms with E-state index in [4.69, 9.17) is 9.47 Å². The van der Waals surface area contributed by atoms with Crippen LogP contribution in [0.1, 0.15) is 66.2 Å². The van der Waals surface area contributed by atoms with Gasteiger partial charge in [-0.15, -0.1) is 0 Å². The van der Waals surface area contributed by atoms with Gasteiger partial charge in [-0.1, -0.05) is 44.2 Å². The maximum atomic E-state index is 12.4. The standard InChI is InChI=1S/C23H31NO3/c1-4-27-23(25)21-16-24(15-19-10-12-20(26-3)13-11-19)22(17(21)2)14-18-8-6-5-7-9-18/h10-13,16,18H,4-9,14-15H2,1-3H3.